The summed E-state index contributed by atoms with van der Waals surface area (Å²) in [5, 5.41) is 12.1. The maximum atomic E-state index is 13.2. The summed E-state index contributed by atoms with van der Waals surface area (Å²) in [5.74, 6) is -0.254. The predicted octanol–water partition coefficient (Wildman–Crippen LogP) is 4.17. The fraction of sp³-hybridized carbons (Fsp3) is 0.885. The number of hydrogen-bond donors (Lipinski definition) is 4. The maximum Gasteiger partial charge on any atom is 0.407 e. The minimum absolute atomic E-state index is 0.0969. The quantitative estimate of drug-likeness (QED) is 0.312. The van der Waals surface area contributed by atoms with Crippen molar-refractivity contribution in [3.8, 4) is 0 Å². The molecule has 1 aliphatic rings. The van der Waals surface area contributed by atoms with Crippen LogP contribution in [-0.4, -0.2) is 54.7 Å². The first-order valence-electron chi connectivity index (χ1n) is 13.4. The topological polar surface area (TPSA) is 109 Å². The molecule has 8 heteroatoms. The van der Waals surface area contributed by atoms with Crippen LogP contribution >= 0.6 is 0 Å². The Morgan fingerprint density at radius 1 is 0.912 bits per heavy atom. The van der Waals surface area contributed by atoms with E-state index in [9.17, 15) is 14.4 Å². The number of nitrogens with one attached hydrogen (secondary N) is 4. The molecule has 2 atom stereocenters. The number of carbonyl (C=O) groups is 3. The first kappa shape index (κ1) is 30.2. The van der Waals surface area contributed by atoms with Crippen LogP contribution in [0.1, 0.15) is 112 Å². The van der Waals surface area contributed by atoms with Gasteiger partial charge in [0, 0.05) is 12.6 Å². The molecular weight excluding hydrogens is 432 g/mol. The van der Waals surface area contributed by atoms with Gasteiger partial charge in [0.25, 0.3) is 0 Å². The molecule has 0 bridgehead atoms. The molecule has 0 heterocycles. The number of hydrogen-bond acceptors (Lipinski definition) is 5. The fourth-order valence-corrected chi connectivity index (χ4v) is 4.08. The summed E-state index contributed by atoms with van der Waals surface area (Å²) in [4.78, 5) is 37.7. The number of rotatable bonds is 12. The third-order valence-electron chi connectivity index (χ3n) is 6.02. The highest BCUT2D eigenvalue weighted by Crippen LogP contribution is 2.17. The van der Waals surface area contributed by atoms with E-state index in [2.05, 4.69) is 28.2 Å². The zero-order valence-electron chi connectivity index (χ0n) is 22.3. The lowest BCUT2D eigenvalue weighted by Crippen LogP contribution is -2.53. The van der Waals surface area contributed by atoms with Crippen molar-refractivity contribution in [1.82, 2.24) is 21.3 Å². The van der Waals surface area contributed by atoms with Gasteiger partial charge in [-0.2, -0.15) is 0 Å². The molecule has 1 saturated carbocycles. The van der Waals surface area contributed by atoms with Crippen LogP contribution < -0.4 is 21.3 Å². The summed E-state index contributed by atoms with van der Waals surface area (Å²) in [6.45, 7) is 10.6. The Hall–Kier alpha value is -1.83. The summed E-state index contributed by atoms with van der Waals surface area (Å²) in [7, 11) is 0. The van der Waals surface area contributed by atoms with Crippen LogP contribution in [0.15, 0.2) is 0 Å². The Morgan fingerprint density at radius 3 is 2.12 bits per heavy atom. The summed E-state index contributed by atoms with van der Waals surface area (Å²) in [6.07, 6.45) is 11.7. The summed E-state index contributed by atoms with van der Waals surface area (Å²) in [5.41, 5.74) is -0.532. The van der Waals surface area contributed by atoms with Crippen LogP contribution in [0, 0.1) is 0 Å². The molecule has 0 aliphatic heterocycles. The first-order chi connectivity index (χ1) is 16.1. The average Bonchev–Trinajstić information content (AvgIpc) is 2.88. The van der Waals surface area contributed by atoms with Crippen molar-refractivity contribution in [1.29, 1.82) is 0 Å². The Bertz CT molecular complexity index is 596. The summed E-state index contributed by atoms with van der Waals surface area (Å²) >= 11 is 0. The van der Waals surface area contributed by atoms with Crippen LogP contribution in [0.3, 0.4) is 0 Å². The fourth-order valence-electron chi connectivity index (χ4n) is 4.08. The van der Waals surface area contributed by atoms with E-state index >= 15 is 0 Å². The lowest BCUT2D eigenvalue weighted by molar-refractivity contribution is -0.130. The van der Waals surface area contributed by atoms with Crippen molar-refractivity contribution in [2.75, 3.05) is 13.1 Å². The van der Waals surface area contributed by atoms with Gasteiger partial charge in [-0.1, -0.05) is 45.4 Å². The second-order valence-corrected chi connectivity index (χ2v) is 10.6. The van der Waals surface area contributed by atoms with Crippen LogP contribution in [0.4, 0.5) is 4.79 Å². The smallest absolute Gasteiger partial charge is 0.407 e. The standard InChI is InChI=1S/C26H50N4O4/c1-6-18-27-20(2)23(31)30-22(17-13-14-19-28-25(33)34-26(3,4)5)24(32)29-21-15-11-9-7-8-10-12-16-21/h20-22,27H,6-19H2,1-5H3,(H,28,33)(H,29,32)(H,30,31)/t20-,22+/m0/s1. The minimum atomic E-state index is -0.576. The van der Waals surface area contributed by atoms with Crippen LogP contribution in [0.2, 0.25) is 0 Å². The van der Waals surface area contributed by atoms with Crippen molar-refractivity contribution < 1.29 is 19.1 Å². The highest BCUT2D eigenvalue weighted by molar-refractivity contribution is 5.89. The zero-order valence-corrected chi connectivity index (χ0v) is 22.3. The molecule has 1 rings (SSSR count). The maximum absolute atomic E-state index is 13.2. The molecule has 0 spiro atoms. The number of alkyl carbamates (subject to hydrolysis) is 1. The summed E-state index contributed by atoms with van der Waals surface area (Å²) in [6, 6.07) is -0.754. The van der Waals surface area contributed by atoms with Gasteiger partial charge in [-0.15, -0.1) is 0 Å². The number of unbranched alkanes of at least 4 members (excludes halogenated alkanes) is 1. The monoisotopic (exact) mass is 482 g/mol. The Kier molecular flexibility index (Phi) is 14.9. The van der Waals surface area contributed by atoms with Gasteiger partial charge in [0.1, 0.15) is 11.6 Å². The molecule has 0 radical (unpaired) electrons. The highest BCUT2D eigenvalue weighted by Gasteiger charge is 2.25. The molecule has 0 aromatic carbocycles. The van der Waals surface area contributed by atoms with Gasteiger partial charge in [0.05, 0.1) is 6.04 Å². The van der Waals surface area contributed by atoms with E-state index in [0.29, 0.717) is 25.8 Å². The van der Waals surface area contributed by atoms with E-state index in [1.54, 1.807) is 0 Å². The number of amides is 3. The second-order valence-electron chi connectivity index (χ2n) is 10.6. The minimum Gasteiger partial charge on any atom is -0.444 e. The van der Waals surface area contributed by atoms with Gasteiger partial charge in [0.2, 0.25) is 11.8 Å². The van der Waals surface area contributed by atoms with Gasteiger partial charge >= 0.3 is 6.09 Å². The number of ether oxygens (including phenoxy) is 1. The molecule has 1 aliphatic carbocycles. The highest BCUT2D eigenvalue weighted by atomic mass is 16.6. The third-order valence-corrected chi connectivity index (χ3v) is 6.02. The van der Waals surface area contributed by atoms with E-state index in [1.165, 1.54) is 25.7 Å². The van der Waals surface area contributed by atoms with E-state index in [0.717, 1.165) is 38.6 Å². The van der Waals surface area contributed by atoms with Gasteiger partial charge in [-0.05, 0) is 72.8 Å². The average molecular weight is 483 g/mol. The Balaban J connectivity index is 2.61. The Morgan fingerprint density at radius 2 is 1.53 bits per heavy atom. The summed E-state index contributed by atoms with van der Waals surface area (Å²) < 4.78 is 5.25. The molecule has 3 amide bonds. The van der Waals surface area contributed by atoms with Crippen molar-refractivity contribution in [2.45, 2.75) is 135 Å². The van der Waals surface area contributed by atoms with E-state index < -0.39 is 17.7 Å². The third kappa shape index (κ3) is 14.4. The molecule has 0 unspecified atom stereocenters. The lowest BCUT2D eigenvalue weighted by Gasteiger charge is -2.25. The first-order valence-corrected chi connectivity index (χ1v) is 13.4. The molecule has 198 valence electrons. The van der Waals surface area contributed by atoms with E-state index in [4.69, 9.17) is 4.74 Å². The predicted molar refractivity (Wildman–Crippen MR) is 137 cm³/mol. The largest absolute Gasteiger partial charge is 0.444 e. The lowest BCUT2D eigenvalue weighted by atomic mass is 10.0. The van der Waals surface area contributed by atoms with Gasteiger partial charge in [-0.25, -0.2) is 4.79 Å². The molecule has 34 heavy (non-hydrogen) atoms. The molecule has 0 aromatic heterocycles. The molecule has 8 nitrogen and oxygen atoms in total. The second kappa shape index (κ2) is 16.7. The van der Waals surface area contributed by atoms with Gasteiger partial charge < -0.3 is 26.0 Å². The molecule has 1 fully saturated rings. The van der Waals surface area contributed by atoms with E-state index in [1.807, 2.05) is 27.7 Å². The zero-order chi connectivity index (χ0) is 25.4. The number of carbonyl (C=O) groups excluding carboxylic acids is 3. The molecule has 4 N–H and O–H groups in total. The van der Waals surface area contributed by atoms with Crippen molar-refractivity contribution in [3.63, 3.8) is 0 Å². The van der Waals surface area contributed by atoms with Crippen molar-refractivity contribution >= 4 is 17.9 Å². The molecular formula is C26H50N4O4. The van der Waals surface area contributed by atoms with Crippen LogP contribution in [-0.2, 0) is 14.3 Å². The molecule has 0 aromatic rings. The van der Waals surface area contributed by atoms with Crippen molar-refractivity contribution in [2.24, 2.45) is 0 Å². The van der Waals surface area contributed by atoms with Gasteiger partial charge in [-0.3, -0.25) is 9.59 Å². The van der Waals surface area contributed by atoms with Crippen molar-refractivity contribution in [3.05, 3.63) is 0 Å². The Labute approximate surface area is 207 Å². The normalized spacial score (nSPS) is 17.4. The molecule has 0 saturated heterocycles. The van der Waals surface area contributed by atoms with E-state index in [-0.39, 0.29) is 23.9 Å². The van der Waals surface area contributed by atoms with Crippen LogP contribution in [0.25, 0.3) is 0 Å². The van der Waals surface area contributed by atoms with Gasteiger partial charge in [0.15, 0.2) is 0 Å². The van der Waals surface area contributed by atoms with Crippen LogP contribution in [0.5, 0.6) is 0 Å². The SMILES string of the molecule is CCCN[C@@H](C)C(=O)N[C@H](CCCCNC(=O)OC(C)(C)C)C(=O)NC1CCCCCCCC1.